The minimum absolute atomic E-state index is 0.0701. The van der Waals surface area contributed by atoms with Gasteiger partial charge in [-0.1, -0.05) is 71.4 Å². The molecular formula is C30H36BrN3O4S. The summed E-state index contributed by atoms with van der Waals surface area (Å²) >= 11 is 3.41. The monoisotopic (exact) mass is 613 g/mol. The number of rotatable bonds is 10. The summed E-state index contributed by atoms with van der Waals surface area (Å²) in [5, 5.41) is 2.98. The van der Waals surface area contributed by atoms with E-state index in [0.717, 1.165) is 15.4 Å². The summed E-state index contributed by atoms with van der Waals surface area (Å²) in [6, 6.07) is 21.7. The molecule has 3 aromatic rings. The van der Waals surface area contributed by atoms with Crippen LogP contribution in [0.25, 0.3) is 0 Å². The van der Waals surface area contributed by atoms with Gasteiger partial charge in [0.05, 0.1) is 10.6 Å². The summed E-state index contributed by atoms with van der Waals surface area (Å²) in [7, 11) is -4.10. The predicted octanol–water partition coefficient (Wildman–Crippen LogP) is 5.67. The van der Waals surface area contributed by atoms with Crippen molar-refractivity contribution in [2.24, 2.45) is 0 Å². The Balaban J connectivity index is 2.08. The van der Waals surface area contributed by atoms with Crippen LogP contribution < -0.4 is 9.62 Å². The molecule has 7 nitrogen and oxygen atoms in total. The zero-order valence-corrected chi connectivity index (χ0v) is 25.4. The molecule has 208 valence electrons. The second-order valence-electron chi connectivity index (χ2n) is 10.4. The number of carbonyl (C=O) groups is 2. The van der Waals surface area contributed by atoms with E-state index in [0.29, 0.717) is 16.6 Å². The largest absolute Gasteiger partial charge is 0.350 e. The summed E-state index contributed by atoms with van der Waals surface area (Å²) in [5.41, 5.74) is 1.69. The standard InChI is InChI=1S/C30H36BrN3O4S/c1-6-27(29(36)32-30(3,4)5)33(20-23-14-11-10-13-22(23)2)28(35)21-34(25-16-12-15-24(31)19-25)39(37,38)26-17-8-7-9-18-26/h7-19,27H,6,20-21H2,1-5H3,(H,32,36)/t27-/m1/s1. The van der Waals surface area contributed by atoms with Gasteiger partial charge in [-0.25, -0.2) is 8.42 Å². The Kier molecular flexibility index (Phi) is 9.96. The first-order valence-corrected chi connectivity index (χ1v) is 15.1. The molecule has 0 unspecified atom stereocenters. The molecule has 0 aliphatic carbocycles. The molecular weight excluding hydrogens is 578 g/mol. The average Bonchev–Trinajstić information content (AvgIpc) is 2.87. The van der Waals surface area contributed by atoms with E-state index in [1.54, 1.807) is 42.5 Å². The molecule has 0 fully saturated rings. The van der Waals surface area contributed by atoms with Crippen LogP contribution in [0.2, 0.25) is 0 Å². The lowest BCUT2D eigenvalue weighted by atomic mass is 10.0. The molecule has 0 saturated carbocycles. The van der Waals surface area contributed by atoms with Crippen LogP contribution in [0.15, 0.2) is 88.2 Å². The van der Waals surface area contributed by atoms with Crippen molar-refractivity contribution in [3.05, 3.63) is 94.5 Å². The van der Waals surface area contributed by atoms with Gasteiger partial charge in [-0.2, -0.15) is 0 Å². The van der Waals surface area contributed by atoms with E-state index in [2.05, 4.69) is 21.2 Å². The quantitative estimate of drug-likeness (QED) is 0.319. The third-order valence-corrected chi connectivity index (χ3v) is 8.47. The molecule has 0 bridgehead atoms. The Morgan fingerprint density at radius 1 is 0.949 bits per heavy atom. The van der Waals surface area contributed by atoms with Crippen molar-refractivity contribution in [1.82, 2.24) is 10.2 Å². The average molecular weight is 615 g/mol. The van der Waals surface area contributed by atoms with Crippen LogP contribution in [0.3, 0.4) is 0 Å². The Morgan fingerprint density at radius 2 is 1.59 bits per heavy atom. The zero-order valence-electron chi connectivity index (χ0n) is 23.0. The maximum atomic E-state index is 14.1. The number of sulfonamides is 1. The lowest BCUT2D eigenvalue weighted by Gasteiger charge is -2.35. The Hall–Kier alpha value is -3.17. The number of hydrogen-bond acceptors (Lipinski definition) is 4. The van der Waals surface area contributed by atoms with E-state index in [9.17, 15) is 18.0 Å². The molecule has 0 aromatic heterocycles. The van der Waals surface area contributed by atoms with E-state index >= 15 is 0 Å². The van der Waals surface area contributed by atoms with Crippen LogP contribution >= 0.6 is 15.9 Å². The highest BCUT2D eigenvalue weighted by Gasteiger charge is 2.34. The van der Waals surface area contributed by atoms with Crippen LogP contribution in [0.5, 0.6) is 0 Å². The van der Waals surface area contributed by atoms with Crippen molar-refractivity contribution in [3.8, 4) is 0 Å². The summed E-state index contributed by atoms with van der Waals surface area (Å²) < 4.78 is 29.5. The summed E-state index contributed by atoms with van der Waals surface area (Å²) in [6.07, 6.45) is 0.363. The molecule has 1 N–H and O–H groups in total. The van der Waals surface area contributed by atoms with E-state index in [-0.39, 0.29) is 17.3 Å². The minimum atomic E-state index is -4.10. The van der Waals surface area contributed by atoms with Gasteiger partial charge in [0, 0.05) is 16.6 Å². The fourth-order valence-electron chi connectivity index (χ4n) is 4.22. The van der Waals surface area contributed by atoms with E-state index in [4.69, 9.17) is 0 Å². The summed E-state index contributed by atoms with van der Waals surface area (Å²) in [5.74, 6) is -0.763. The van der Waals surface area contributed by atoms with Gasteiger partial charge in [-0.15, -0.1) is 0 Å². The molecule has 0 heterocycles. The van der Waals surface area contributed by atoms with Crippen molar-refractivity contribution < 1.29 is 18.0 Å². The van der Waals surface area contributed by atoms with Crippen LogP contribution in [0, 0.1) is 6.92 Å². The highest BCUT2D eigenvalue weighted by Crippen LogP contribution is 2.27. The lowest BCUT2D eigenvalue weighted by Crippen LogP contribution is -2.55. The number of benzene rings is 3. The second-order valence-corrected chi connectivity index (χ2v) is 13.2. The minimum Gasteiger partial charge on any atom is -0.350 e. The maximum Gasteiger partial charge on any atom is 0.264 e. The summed E-state index contributed by atoms with van der Waals surface area (Å²) in [6.45, 7) is 9.13. The van der Waals surface area contributed by atoms with Gasteiger partial charge in [0.15, 0.2) is 0 Å². The Labute approximate surface area is 240 Å². The number of aryl methyl sites for hydroxylation is 1. The lowest BCUT2D eigenvalue weighted by molar-refractivity contribution is -0.141. The van der Waals surface area contributed by atoms with Crippen molar-refractivity contribution in [2.75, 3.05) is 10.8 Å². The van der Waals surface area contributed by atoms with Crippen LogP contribution in [-0.2, 0) is 26.2 Å². The fraction of sp³-hybridized carbons (Fsp3) is 0.333. The van der Waals surface area contributed by atoms with Crippen LogP contribution in [0.1, 0.15) is 45.2 Å². The highest BCUT2D eigenvalue weighted by molar-refractivity contribution is 9.10. The smallest absolute Gasteiger partial charge is 0.264 e. The van der Waals surface area contributed by atoms with E-state index in [1.165, 1.54) is 17.0 Å². The van der Waals surface area contributed by atoms with Gasteiger partial charge in [0.25, 0.3) is 10.0 Å². The van der Waals surface area contributed by atoms with Gasteiger partial charge in [0.2, 0.25) is 11.8 Å². The fourth-order valence-corrected chi connectivity index (χ4v) is 6.04. The zero-order chi connectivity index (χ0) is 28.8. The predicted molar refractivity (Wildman–Crippen MR) is 159 cm³/mol. The maximum absolute atomic E-state index is 14.1. The molecule has 3 aromatic carbocycles. The van der Waals surface area contributed by atoms with Crippen molar-refractivity contribution in [3.63, 3.8) is 0 Å². The molecule has 2 amide bonds. The number of hydrogen-bond donors (Lipinski definition) is 1. The number of carbonyl (C=O) groups excluding carboxylic acids is 2. The highest BCUT2D eigenvalue weighted by atomic mass is 79.9. The number of amides is 2. The Bertz CT molecular complexity index is 1400. The molecule has 9 heteroatoms. The SMILES string of the molecule is CC[C@H](C(=O)NC(C)(C)C)N(Cc1ccccc1C)C(=O)CN(c1cccc(Br)c1)S(=O)(=O)c1ccccc1. The number of nitrogens with zero attached hydrogens (tertiary/aromatic N) is 2. The summed E-state index contributed by atoms with van der Waals surface area (Å²) in [4.78, 5) is 29.1. The molecule has 0 aliphatic heterocycles. The van der Waals surface area contributed by atoms with Crippen molar-refractivity contribution in [2.45, 2.75) is 64.1 Å². The second kappa shape index (κ2) is 12.8. The third-order valence-electron chi connectivity index (χ3n) is 6.19. The number of halogens is 1. The van der Waals surface area contributed by atoms with Crippen LogP contribution in [-0.4, -0.2) is 43.3 Å². The molecule has 1 atom stereocenters. The van der Waals surface area contributed by atoms with E-state index < -0.39 is 34.1 Å². The first-order valence-electron chi connectivity index (χ1n) is 12.8. The van der Waals surface area contributed by atoms with Gasteiger partial charge < -0.3 is 10.2 Å². The molecule has 0 saturated heterocycles. The first-order chi connectivity index (χ1) is 18.3. The van der Waals surface area contributed by atoms with Gasteiger partial charge in [0.1, 0.15) is 12.6 Å². The Morgan fingerprint density at radius 3 is 2.18 bits per heavy atom. The molecule has 39 heavy (non-hydrogen) atoms. The number of nitrogens with one attached hydrogen (secondary N) is 1. The topological polar surface area (TPSA) is 86.8 Å². The molecule has 0 aliphatic rings. The van der Waals surface area contributed by atoms with E-state index in [1.807, 2.05) is 58.9 Å². The molecule has 3 rings (SSSR count). The third kappa shape index (κ3) is 7.92. The first kappa shape index (κ1) is 30.4. The number of anilines is 1. The van der Waals surface area contributed by atoms with Gasteiger partial charge in [-0.3, -0.25) is 13.9 Å². The molecule has 0 spiro atoms. The molecule has 0 radical (unpaired) electrons. The normalized spacial score (nSPS) is 12.5. The van der Waals surface area contributed by atoms with Gasteiger partial charge in [-0.05, 0) is 75.6 Å². The van der Waals surface area contributed by atoms with Gasteiger partial charge >= 0.3 is 0 Å². The van der Waals surface area contributed by atoms with Crippen molar-refractivity contribution in [1.29, 1.82) is 0 Å². The van der Waals surface area contributed by atoms with Crippen molar-refractivity contribution >= 4 is 43.5 Å². The van der Waals surface area contributed by atoms with Crippen LogP contribution in [0.4, 0.5) is 5.69 Å².